The molecule has 5 heteroatoms. The highest BCUT2D eigenvalue weighted by molar-refractivity contribution is 5.96. The second-order valence-corrected chi connectivity index (χ2v) is 5.66. The van der Waals surface area contributed by atoms with E-state index in [1.807, 2.05) is 66.7 Å². The first-order valence-electron chi connectivity index (χ1n) is 8.00. The van der Waals surface area contributed by atoms with Crippen LogP contribution in [0, 0.1) is 0 Å². The van der Waals surface area contributed by atoms with E-state index in [0.29, 0.717) is 12.1 Å². The number of benzene rings is 3. The highest BCUT2D eigenvalue weighted by Gasteiger charge is 2.13. The molecule has 0 aliphatic carbocycles. The fraction of sp³-hybridized carbons (Fsp3) is 0.0500. The first kappa shape index (κ1) is 15.1. The van der Waals surface area contributed by atoms with Crippen LogP contribution in [0.5, 0.6) is 5.75 Å². The van der Waals surface area contributed by atoms with Crippen molar-refractivity contribution in [2.45, 2.75) is 6.61 Å². The van der Waals surface area contributed by atoms with Crippen LogP contribution in [0.15, 0.2) is 79.0 Å². The molecule has 0 fully saturated rings. The molecule has 0 saturated carbocycles. The molecule has 25 heavy (non-hydrogen) atoms. The van der Waals surface area contributed by atoms with Crippen LogP contribution in [0.25, 0.3) is 10.9 Å². The molecule has 0 aliphatic rings. The summed E-state index contributed by atoms with van der Waals surface area (Å²) in [4.78, 5) is 7.12. The van der Waals surface area contributed by atoms with Gasteiger partial charge in [-0.05, 0) is 29.8 Å². The molecule has 1 aromatic heterocycles. The Balaban J connectivity index is 1.64. The van der Waals surface area contributed by atoms with Gasteiger partial charge in [-0.15, -0.1) is 5.10 Å². The SMILES string of the molecule is Oc1ccc(Nc2ccccc2)c2cnn(OCc3ccccc3)c12. The molecule has 0 aliphatic heterocycles. The topological polar surface area (TPSA) is 59.3 Å². The first-order chi connectivity index (χ1) is 12.3. The molecule has 0 bridgehead atoms. The molecule has 0 spiro atoms. The zero-order valence-corrected chi connectivity index (χ0v) is 13.5. The van der Waals surface area contributed by atoms with E-state index in [1.54, 1.807) is 12.3 Å². The maximum absolute atomic E-state index is 10.3. The number of hydrogen-bond donors (Lipinski definition) is 2. The van der Waals surface area contributed by atoms with E-state index in [2.05, 4.69) is 10.4 Å². The van der Waals surface area contributed by atoms with Gasteiger partial charge in [-0.3, -0.25) is 0 Å². The zero-order valence-electron chi connectivity index (χ0n) is 13.5. The number of anilines is 2. The fourth-order valence-electron chi connectivity index (χ4n) is 2.69. The number of hydrogen-bond acceptors (Lipinski definition) is 4. The van der Waals surface area contributed by atoms with Crippen molar-refractivity contribution in [3.8, 4) is 5.75 Å². The third kappa shape index (κ3) is 3.12. The molecule has 2 N–H and O–H groups in total. The van der Waals surface area contributed by atoms with Crippen LogP contribution < -0.4 is 10.2 Å². The maximum atomic E-state index is 10.3. The van der Waals surface area contributed by atoms with Gasteiger partial charge in [0.1, 0.15) is 12.4 Å². The van der Waals surface area contributed by atoms with Crippen LogP contribution >= 0.6 is 0 Å². The second-order valence-electron chi connectivity index (χ2n) is 5.66. The highest BCUT2D eigenvalue weighted by atomic mass is 16.7. The van der Waals surface area contributed by atoms with E-state index in [1.165, 1.54) is 4.85 Å². The molecule has 0 unspecified atom stereocenters. The van der Waals surface area contributed by atoms with Crippen LogP contribution in [-0.4, -0.2) is 15.1 Å². The van der Waals surface area contributed by atoms with Gasteiger partial charge < -0.3 is 15.3 Å². The third-order valence-corrected chi connectivity index (χ3v) is 3.93. The molecule has 124 valence electrons. The lowest BCUT2D eigenvalue weighted by atomic mass is 10.2. The lowest BCUT2D eigenvalue weighted by Gasteiger charge is -2.10. The summed E-state index contributed by atoms with van der Waals surface area (Å²) >= 11 is 0. The molecule has 5 nitrogen and oxygen atoms in total. The summed E-state index contributed by atoms with van der Waals surface area (Å²) < 4.78 is 0. The summed E-state index contributed by atoms with van der Waals surface area (Å²) in [7, 11) is 0. The van der Waals surface area contributed by atoms with Crippen LogP contribution in [0.4, 0.5) is 11.4 Å². The Morgan fingerprint density at radius 1 is 0.920 bits per heavy atom. The van der Waals surface area contributed by atoms with Gasteiger partial charge in [0.2, 0.25) is 0 Å². The second kappa shape index (κ2) is 6.57. The Hall–Kier alpha value is -3.47. The van der Waals surface area contributed by atoms with Crippen molar-refractivity contribution in [2.75, 3.05) is 5.32 Å². The minimum Gasteiger partial charge on any atom is -0.506 e. The van der Waals surface area contributed by atoms with Crippen molar-refractivity contribution in [1.29, 1.82) is 0 Å². The summed E-state index contributed by atoms with van der Waals surface area (Å²) in [6.07, 6.45) is 1.69. The first-order valence-corrected chi connectivity index (χ1v) is 8.00. The third-order valence-electron chi connectivity index (χ3n) is 3.93. The highest BCUT2D eigenvalue weighted by Crippen LogP contribution is 2.32. The van der Waals surface area contributed by atoms with Gasteiger partial charge >= 0.3 is 0 Å². The molecule has 1 heterocycles. The Morgan fingerprint density at radius 3 is 2.40 bits per heavy atom. The molecule has 0 radical (unpaired) electrons. The largest absolute Gasteiger partial charge is 0.506 e. The molecule has 3 aromatic carbocycles. The van der Waals surface area contributed by atoms with Crippen molar-refractivity contribution in [2.24, 2.45) is 0 Å². The number of rotatable bonds is 5. The average molecular weight is 331 g/mol. The Labute approximate surface area is 145 Å². The lowest BCUT2D eigenvalue weighted by Crippen LogP contribution is -2.12. The molecule has 4 rings (SSSR count). The molecular formula is C20H17N3O2. The molecule has 4 aromatic rings. The van der Waals surface area contributed by atoms with E-state index in [0.717, 1.165) is 22.3 Å². The molecule has 0 saturated heterocycles. The summed E-state index contributed by atoms with van der Waals surface area (Å²) in [6, 6.07) is 23.2. The predicted molar refractivity (Wildman–Crippen MR) is 97.8 cm³/mol. The standard InChI is InChI=1S/C20H17N3O2/c24-19-12-11-18(22-16-9-5-2-6-10-16)17-13-21-23(20(17)19)25-14-15-7-3-1-4-8-15/h1-13,22,24H,14H2. The van der Waals surface area contributed by atoms with Crippen molar-refractivity contribution in [1.82, 2.24) is 9.94 Å². The van der Waals surface area contributed by atoms with E-state index in [9.17, 15) is 5.11 Å². The summed E-state index contributed by atoms with van der Waals surface area (Å²) in [5, 5.41) is 18.7. The summed E-state index contributed by atoms with van der Waals surface area (Å²) in [5.74, 6) is 0.124. The number of aromatic nitrogens is 2. The van der Waals surface area contributed by atoms with Crippen molar-refractivity contribution in [3.05, 3.63) is 84.6 Å². The number of para-hydroxylation sites is 1. The lowest BCUT2D eigenvalue weighted by molar-refractivity contribution is 0.0787. The number of fused-ring (bicyclic) bond motifs is 1. The number of nitrogens with zero attached hydrogens (tertiary/aromatic N) is 2. The van der Waals surface area contributed by atoms with Gasteiger partial charge in [-0.25, -0.2) is 0 Å². The van der Waals surface area contributed by atoms with Crippen LogP contribution in [0.3, 0.4) is 0 Å². The number of phenolic OH excluding ortho intramolecular Hbond substituents is 1. The maximum Gasteiger partial charge on any atom is 0.154 e. The van der Waals surface area contributed by atoms with E-state index < -0.39 is 0 Å². The van der Waals surface area contributed by atoms with Crippen LogP contribution in [0.2, 0.25) is 0 Å². The zero-order chi connectivity index (χ0) is 17.1. The minimum atomic E-state index is 0.124. The van der Waals surface area contributed by atoms with Crippen LogP contribution in [-0.2, 0) is 6.61 Å². The van der Waals surface area contributed by atoms with Gasteiger partial charge in [0.15, 0.2) is 5.52 Å². The molecule has 0 atom stereocenters. The minimum absolute atomic E-state index is 0.124. The number of phenols is 1. The Kier molecular flexibility index (Phi) is 3.96. The van der Waals surface area contributed by atoms with E-state index in [4.69, 9.17) is 4.84 Å². The number of nitrogens with one attached hydrogen (secondary N) is 1. The van der Waals surface area contributed by atoms with E-state index in [-0.39, 0.29) is 5.75 Å². The Bertz CT molecular complexity index is 982. The van der Waals surface area contributed by atoms with Crippen LogP contribution in [0.1, 0.15) is 5.56 Å². The van der Waals surface area contributed by atoms with Crippen molar-refractivity contribution >= 4 is 22.3 Å². The average Bonchev–Trinajstić information content (AvgIpc) is 3.09. The van der Waals surface area contributed by atoms with Gasteiger partial charge in [-0.1, -0.05) is 53.4 Å². The smallest absolute Gasteiger partial charge is 0.154 e. The van der Waals surface area contributed by atoms with Gasteiger partial charge in [0.25, 0.3) is 0 Å². The quantitative estimate of drug-likeness (QED) is 0.540. The normalized spacial score (nSPS) is 10.7. The summed E-state index contributed by atoms with van der Waals surface area (Å²) in [5.41, 5.74) is 3.39. The van der Waals surface area contributed by atoms with Gasteiger partial charge in [0, 0.05) is 11.4 Å². The monoisotopic (exact) mass is 331 g/mol. The summed E-state index contributed by atoms with van der Waals surface area (Å²) in [6.45, 7) is 0.368. The number of aromatic hydroxyl groups is 1. The van der Waals surface area contributed by atoms with Gasteiger partial charge in [0.05, 0.1) is 11.6 Å². The Morgan fingerprint density at radius 2 is 1.64 bits per heavy atom. The van der Waals surface area contributed by atoms with E-state index >= 15 is 0 Å². The predicted octanol–water partition coefficient (Wildman–Crippen LogP) is 4.11. The van der Waals surface area contributed by atoms with Gasteiger partial charge in [-0.2, -0.15) is 0 Å². The van der Waals surface area contributed by atoms with Crippen molar-refractivity contribution < 1.29 is 9.94 Å². The molecule has 0 amide bonds. The molecular weight excluding hydrogens is 314 g/mol. The van der Waals surface area contributed by atoms with Crippen molar-refractivity contribution in [3.63, 3.8) is 0 Å². The fourth-order valence-corrected chi connectivity index (χ4v) is 2.69.